The second-order valence-corrected chi connectivity index (χ2v) is 8.09. The molecule has 2 N–H and O–H groups in total. The van der Waals surface area contributed by atoms with Gasteiger partial charge in [-0.1, -0.05) is 71.6 Å². The van der Waals surface area contributed by atoms with Gasteiger partial charge in [0.2, 0.25) is 0 Å². The summed E-state index contributed by atoms with van der Waals surface area (Å²) in [5.41, 5.74) is 0. The molecule has 0 amide bonds. The first kappa shape index (κ1) is 21.9. The minimum Gasteiger partial charge on any atom is -0.393 e. The maximum atomic E-state index is 11.1. The van der Waals surface area contributed by atoms with Gasteiger partial charge in [0.25, 0.3) is 10.1 Å². The van der Waals surface area contributed by atoms with Crippen molar-refractivity contribution in [2.45, 2.75) is 109 Å². The van der Waals surface area contributed by atoms with Crippen molar-refractivity contribution in [3.63, 3.8) is 0 Å². The molecule has 0 bridgehead atoms. The molecule has 2 atom stereocenters. The summed E-state index contributed by atoms with van der Waals surface area (Å²) in [4.78, 5) is 0. The van der Waals surface area contributed by atoms with E-state index in [0.29, 0.717) is 12.8 Å². The Morgan fingerprint density at radius 2 is 1.23 bits per heavy atom. The first-order chi connectivity index (χ1) is 10.4. The van der Waals surface area contributed by atoms with E-state index in [-0.39, 0.29) is 6.10 Å². The predicted molar refractivity (Wildman–Crippen MR) is 92.7 cm³/mol. The van der Waals surface area contributed by atoms with Gasteiger partial charge in [-0.15, -0.1) is 0 Å². The Morgan fingerprint density at radius 1 is 0.773 bits per heavy atom. The van der Waals surface area contributed by atoms with Gasteiger partial charge >= 0.3 is 0 Å². The molecule has 0 rings (SSSR count). The molecule has 0 aliphatic carbocycles. The largest absolute Gasteiger partial charge is 0.393 e. The van der Waals surface area contributed by atoms with E-state index in [0.717, 1.165) is 57.8 Å². The lowest BCUT2D eigenvalue weighted by Gasteiger charge is -2.11. The molecule has 0 saturated heterocycles. The summed E-state index contributed by atoms with van der Waals surface area (Å²) in [7, 11) is -3.86. The van der Waals surface area contributed by atoms with Gasteiger partial charge in [-0.25, -0.2) is 0 Å². The zero-order valence-electron chi connectivity index (χ0n) is 14.5. The van der Waals surface area contributed by atoms with E-state index in [4.69, 9.17) is 4.55 Å². The normalized spacial score (nSPS) is 14.9. The van der Waals surface area contributed by atoms with Gasteiger partial charge in [0, 0.05) is 0 Å². The molecule has 5 heteroatoms. The van der Waals surface area contributed by atoms with Gasteiger partial charge in [-0.05, 0) is 25.7 Å². The van der Waals surface area contributed by atoms with Crippen LogP contribution in [0.15, 0.2) is 0 Å². The number of unbranched alkanes of at least 4 members (excludes halogenated alkanes) is 7. The molecule has 0 aromatic carbocycles. The predicted octanol–water partition coefficient (Wildman–Crippen LogP) is 4.71. The monoisotopic (exact) mass is 336 g/mol. The lowest BCUT2D eigenvalue weighted by Crippen LogP contribution is -2.19. The van der Waals surface area contributed by atoms with Gasteiger partial charge < -0.3 is 5.11 Å². The standard InChI is InChI=1S/C17H36O4S/c1-3-5-10-13-16(18)14-11-8-6-7-9-12-15-17(4-2)22(19,20)21/h16-18H,3-15H2,1-2H3,(H,19,20,21). The highest BCUT2D eigenvalue weighted by molar-refractivity contribution is 7.86. The van der Waals surface area contributed by atoms with E-state index in [2.05, 4.69) is 6.92 Å². The highest BCUT2D eigenvalue weighted by Crippen LogP contribution is 2.16. The van der Waals surface area contributed by atoms with Crippen molar-refractivity contribution in [3.8, 4) is 0 Å². The van der Waals surface area contributed by atoms with Crippen LogP contribution in [-0.4, -0.2) is 29.4 Å². The summed E-state index contributed by atoms with van der Waals surface area (Å²) in [6.45, 7) is 3.97. The first-order valence-corrected chi connectivity index (χ1v) is 10.6. The van der Waals surface area contributed by atoms with Gasteiger partial charge in [-0.3, -0.25) is 4.55 Å². The lowest BCUT2D eigenvalue weighted by atomic mass is 10.0. The lowest BCUT2D eigenvalue weighted by molar-refractivity contribution is 0.147. The topological polar surface area (TPSA) is 74.6 Å². The number of hydrogen-bond donors (Lipinski definition) is 2. The third-order valence-electron chi connectivity index (χ3n) is 4.33. The van der Waals surface area contributed by atoms with E-state index in [1.165, 1.54) is 12.8 Å². The Morgan fingerprint density at radius 3 is 1.68 bits per heavy atom. The molecule has 0 aliphatic rings. The average Bonchev–Trinajstić information content (AvgIpc) is 2.44. The Balaban J connectivity index is 3.43. The molecular weight excluding hydrogens is 300 g/mol. The number of aliphatic hydroxyl groups excluding tert-OH is 1. The van der Waals surface area contributed by atoms with Crippen LogP contribution in [0.3, 0.4) is 0 Å². The van der Waals surface area contributed by atoms with Crippen LogP contribution in [0.5, 0.6) is 0 Å². The minimum absolute atomic E-state index is 0.133. The molecule has 0 aliphatic heterocycles. The summed E-state index contributed by atoms with van der Waals surface area (Å²) in [6, 6.07) is 0. The molecule has 22 heavy (non-hydrogen) atoms. The second-order valence-electron chi connectivity index (χ2n) is 6.39. The van der Waals surface area contributed by atoms with Crippen molar-refractivity contribution in [1.82, 2.24) is 0 Å². The van der Waals surface area contributed by atoms with Gasteiger partial charge in [0.1, 0.15) is 0 Å². The van der Waals surface area contributed by atoms with Crippen LogP contribution in [-0.2, 0) is 10.1 Å². The summed E-state index contributed by atoms with van der Waals surface area (Å²) < 4.78 is 31.1. The van der Waals surface area contributed by atoms with E-state index >= 15 is 0 Å². The Bertz CT molecular complexity index is 341. The van der Waals surface area contributed by atoms with Crippen molar-refractivity contribution in [1.29, 1.82) is 0 Å². The molecule has 0 spiro atoms. The fraction of sp³-hybridized carbons (Fsp3) is 1.00. The van der Waals surface area contributed by atoms with Crippen molar-refractivity contribution in [2.75, 3.05) is 0 Å². The summed E-state index contributed by atoms with van der Waals surface area (Å²) >= 11 is 0. The molecule has 0 saturated carbocycles. The molecule has 0 heterocycles. The quantitative estimate of drug-likeness (QED) is 0.335. The molecule has 0 aromatic heterocycles. The second kappa shape index (κ2) is 13.3. The molecule has 0 fully saturated rings. The van der Waals surface area contributed by atoms with Crippen LogP contribution >= 0.6 is 0 Å². The maximum absolute atomic E-state index is 11.1. The zero-order valence-corrected chi connectivity index (χ0v) is 15.3. The third kappa shape index (κ3) is 12.4. The van der Waals surface area contributed by atoms with E-state index in [1.54, 1.807) is 6.92 Å². The molecule has 0 aromatic rings. The Hall–Kier alpha value is -0.130. The van der Waals surface area contributed by atoms with Crippen molar-refractivity contribution in [2.24, 2.45) is 0 Å². The van der Waals surface area contributed by atoms with Crippen molar-refractivity contribution < 1.29 is 18.1 Å². The Labute approximate surface area is 137 Å². The fourth-order valence-corrected chi connectivity index (χ4v) is 3.68. The molecule has 134 valence electrons. The average molecular weight is 337 g/mol. The van der Waals surface area contributed by atoms with E-state index < -0.39 is 15.4 Å². The summed E-state index contributed by atoms with van der Waals surface area (Å²) in [6.07, 6.45) is 12.6. The summed E-state index contributed by atoms with van der Waals surface area (Å²) in [5, 5.41) is 9.21. The van der Waals surface area contributed by atoms with Crippen LogP contribution in [0, 0.1) is 0 Å². The molecule has 4 nitrogen and oxygen atoms in total. The minimum atomic E-state index is -3.86. The number of aliphatic hydroxyl groups is 1. The molecular formula is C17H36O4S. The van der Waals surface area contributed by atoms with Gasteiger partial charge in [-0.2, -0.15) is 8.42 Å². The van der Waals surface area contributed by atoms with E-state index in [1.807, 2.05) is 0 Å². The van der Waals surface area contributed by atoms with Crippen molar-refractivity contribution in [3.05, 3.63) is 0 Å². The highest BCUT2D eigenvalue weighted by atomic mass is 32.2. The number of hydrogen-bond acceptors (Lipinski definition) is 3. The number of rotatable bonds is 15. The van der Waals surface area contributed by atoms with Crippen LogP contribution in [0.1, 0.15) is 97.3 Å². The van der Waals surface area contributed by atoms with Gasteiger partial charge in [0.05, 0.1) is 11.4 Å². The highest BCUT2D eigenvalue weighted by Gasteiger charge is 2.19. The van der Waals surface area contributed by atoms with Gasteiger partial charge in [0.15, 0.2) is 0 Å². The SMILES string of the molecule is CCCCCC(O)CCCCCCCCC(CC)S(=O)(=O)O. The smallest absolute Gasteiger partial charge is 0.267 e. The maximum Gasteiger partial charge on any atom is 0.267 e. The first-order valence-electron chi connectivity index (χ1n) is 9.06. The molecule has 2 unspecified atom stereocenters. The Kier molecular flexibility index (Phi) is 13.2. The van der Waals surface area contributed by atoms with Crippen LogP contribution in [0.4, 0.5) is 0 Å². The zero-order chi connectivity index (χ0) is 16.8. The van der Waals surface area contributed by atoms with Crippen molar-refractivity contribution >= 4 is 10.1 Å². The van der Waals surface area contributed by atoms with Crippen LogP contribution in [0.2, 0.25) is 0 Å². The van der Waals surface area contributed by atoms with E-state index in [9.17, 15) is 13.5 Å². The van der Waals surface area contributed by atoms with Crippen LogP contribution < -0.4 is 0 Å². The third-order valence-corrected chi connectivity index (χ3v) is 5.74. The fourth-order valence-electron chi connectivity index (χ4n) is 2.80. The van der Waals surface area contributed by atoms with Crippen LogP contribution in [0.25, 0.3) is 0 Å². The molecule has 0 radical (unpaired) electrons. The summed E-state index contributed by atoms with van der Waals surface area (Å²) in [5.74, 6) is 0.